The van der Waals surface area contributed by atoms with Gasteiger partial charge in [-0.1, -0.05) is 6.07 Å². The van der Waals surface area contributed by atoms with Crippen molar-refractivity contribution in [1.29, 1.82) is 0 Å². The van der Waals surface area contributed by atoms with Gasteiger partial charge in [0.15, 0.2) is 0 Å². The summed E-state index contributed by atoms with van der Waals surface area (Å²) in [5.74, 6) is -1.48. The first kappa shape index (κ1) is 8.79. The second-order valence-electron chi connectivity index (χ2n) is 2.74. The Kier molecular flexibility index (Phi) is 1.93. The summed E-state index contributed by atoms with van der Waals surface area (Å²) in [7, 11) is 0. The Morgan fingerprint density at radius 2 is 1.33 bits per heavy atom. The Morgan fingerprint density at radius 3 is 1.58 bits per heavy atom. The number of benzene rings is 1. The standard InChI is InChI=1S/C7H13N5/c8-4-2-1-3-5(9)6(4)7(10,11)12/h1-3H,8-12H2. The number of hydrogen-bond donors (Lipinski definition) is 5. The zero-order valence-electron chi connectivity index (χ0n) is 6.62. The molecule has 0 radical (unpaired) electrons. The van der Waals surface area contributed by atoms with E-state index in [-0.39, 0.29) is 0 Å². The second-order valence-corrected chi connectivity index (χ2v) is 2.74. The van der Waals surface area contributed by atoms with Crippen molar-refractivity contribution in [2.45, 2.75) is 5.79 Å². The molecule has 0 saturated carbocycles. The monoisotopic (exact) mass is 167 g/mol. The van der Waals surface area contributed by atoms with Crippen LogP contribution in [-0.2, 0) is 5.79 Å². The van der Waals surface area contributed by atoms with Crippen LogP contribution < -0.4 is 28.7 Å². The highest BCUT2D eigenvalue weighted by Crippen LogP contribution is 2.23. The van der Waals surface area contributed by atoms with Crippen LogP contribution in [0, 0.1) is 0 Å². The minimum absolute atomic E-state index is 0.380. The van der Waals surface area contributed by atoms with Gasteiger partial charge in [-0.15, -0.1) is 0 Å². The molecule has 0 unspecified atom stereocenters. The molecular formula is C7H13N5. The molecule has 0 bridgehead atoms. The molecule has 0 aliphatic rings. The molecule has 0 aliphatic carbocycles. The minimum atomic E-state index is -1.48. The molecule has 0 amide bonds. The second kappa shape index (κ2) is 2.63. The predicted octanol–water partition coefficient (Wildman–Crippen LogP) is -1.16. The molecule has 10 N–H and O–H groups in total. The van der Waals surface area contributed by atoms with Gasteiger partial charge >= 0.3 is 0 Å². The zero-order chi connectivity index (χ0) is 9.35. The molecule has 0 spiro atoms. The summed E-state index contributed by atoms with van der Waals surface area (Å²) in [4.78, 5) is 0. The molecule has 0 heterocycles. The van der Waals surface area contributed by atoms with Crippen molar-refractivity contribution in [3.8, 4) is 0 Å². The molecule has 0 saturated heterocycles. The van der Waals surface area contributed by atoms with Crippen molar-refractivity contribution in [1.82, 2.24) is 0 Å². The van der Waals surface area contributed by atoms with Crippen molar-refractivity contribution in [2.75, 3.05) is 11.5 Å². The molecule has 12 heavy (non-hydrogen) atoms. The zero-order valence-corrected chi connectivity index (χ0v) is 6.62. The molecule has 5 nitrogen and oxygen atoms in total. The quantitative estimate of drug-likeness (QED) is 0.266. The highest BCUT2D eigenvalue weighted by molar-refractivity contribution is 5.63. The highest BCUT2D eigenvalue weighted by atomic mass is 15.1. The van der Waals surface area contributed by atoms with Crippen LogP contribution in [0.1, 0.15) is 5.56 Å². The van der Waals surface area contributed by atoms with Crippen molar-refractivity contribution >= 4 is 11.4 Å². The van der Waals surface area contributed by atoms with Crippen LogP contribution in [0.4, 0.5) is 11.4 Å². The SMILES string of the molecule is Nc1cccc(N)c1C(N)(N)N. The van der Waals surface area contributed by atoms with Gasteiger partial charge in [0.25, 0.3) is 0 Å². The van der Waals surface area contributed by atoms with Gasteiger partial charge in [0, 0.05) is 16.9 Å². The van der Waals surface area contributed by atoms with E-state index in [1.54, 1.807) is 18.2 Å². The van der Waals surface area contributed by atoms with E-state index in [1.807, 2.05) is 0 Å². The van der Waals surface area contributed by atoms with E-state index in [2.05, 4.69) is 0 Å². The third-order valence-corrected chi connectivity index (χ3v) is 1.56. The van der Waals surface area contributed by atoms with Crippen LogP contribution in [0.25, 0.3) is 0 Å². The lowest BCUT2D eigenvalue weighted by atomic mass is 10.1. The van der Waals surface area contributed by atoms with Crippen LogP contribution >= 0.6 is 0 Å². The molecule has 0 aliphatic heterocycles. The van der Waals surface area contributed by atoms with Crippen LogP contribution in [0.15, 0.2) is 18.2 Å². The molecule has 0 fully saturated rings. The van der Waals surface area contributed by atoms with E-state index in [1.165, 1.54) is 0 Å². The number of nitrogens with two attached hydrogens (primary N) is 5. The van der Waals surface area contributed by atoms with Crippen LogP contribution in [0.2, 0.25) is 0 Å². The van der Waals surface area contributed by atoms with Crippen LogP contribution in [-0.4, -0.2) is 0 Å². The molecule has 0 aromatic heterocycles. The normalized spacial score (nSPS) is 11.6. The topological polar surface area (TPSA) is 130 Å². The summed E-state index contributed by atoms with van der Waals surface area (Å²) >= 11 is 0. The van der Waals surface area contributed by atoms with E-state index >= 15 is 0 Å². The van der Waals surface area contributed by atoms with E-state index in [9.17, 15) is 0 Å². The van der Waals surface area contributed by atoms with Gasteiger partial charge < -0.3 is 11.5 Å². The van der Waals surface area contributed by atoms with E-state index in [4.69, 9.17) is 28.7 Å². The fourth-order valence-electron chi connectivity index (χ4n) is 1.09. The number of nitrogen functional groups attached to an aromatic ring is 2. The molecule has 1 rings (SSSR count). The number of hydrogen-bond acceptors (Lipinski definition) is 5. The van der Waals surface area contributed by atoms with Crippen molar-refractivity contribution in [3.05, 3.63) is 23.8 Å². The lowest BCUT2D eigenvalue weighted by Gasteiger charge is -2.22. The van der Waals surface area contributed by atoms with Gasteiger partial charge in [0.05, 0.1) is 0 Å². The molecular weight excluding hydrogens is 154 g/mol. The fraction of sp³-hybridized carbons (Fsp3) is 0.143. The fourth-order valence-corrected chi connectivity index (χ4v) is 1.09. The molecule has 1 aromatic rings. The van der Waals surface area contributed by atoms with E-state index in [0.717, 1.165) is 0 Å². The lowest BCUT2D eigenvalue weighted by molar-refractivity contribution is 0.492. The van der Waals surface area contributed by atoms with Crippen LogP contribution in [0.5, 0.6) is 0 Å². The molecule has 5 heteroatoms. The maximum absolute atomic E-state index is 5.59. The summed E-state index contributed by atoms with van der Waals surface area (Å²) in [6.45, 7) is 0. The Balaban J connectivity index is 3.31. The summed E-state index contributed by atoms with van der Waals surface area (Å²) < 4.78 is 0. The Labute approximate surface area is 70.5 Å². The number of rotatable bonds is 1. The van der Waals surface area contributed by atoms with Crippen molar-refractivity contribution in [3.63, 3.8) is 0 Å². The molecule has 66 valence electrons. The van der Waals surface area contributed by atoms with E-state index in [0.29, 0.717) is 16.9 Å². The summed E-state index contributed by atoms with van der Waals surface area (Å²) in [6, 6.07) is 5.00. The average molecular weight is 167 g/mol. The molecule has 0 atom stereocenters. The van der Waals surface area contributed by atoms with Crippen molar-refractivity contribution in [2.24, 2.45) is 17.2 Å². The Hall–Kier alpha value is -1.30. The Bertz CT molecular complexity index is 268. The smallest absolute Gasteiger partial charge is 0.146 e. The third kappa shape index (κ3) is 1.48. The predicted molar refractivity (Wildman–Crippen MR) is 49.5 cm³/mol. The summed E-state index contributed by atoms with van der Waals surface area (Å²) in [5, 5.41) is 0. The van der Waals surface area contributed by atoms with E-state index < -0.39 is 5.79 Å². The molecule has 1 aromatic carbocycles. The highest BCUT2D eigenvalue weighted by Gasteiger charge is 2.20. The summed E-state index contributed by atoms with van der Waals surface area (Å²) in [5.41, 5.74) is 28.7. The first-order chi connectivity index (χ1) is 5.43. The van der Waals surface area contributed by atoms with Gasteiger partial charge in [-0.2, -0.15) is 0 Å². The summed E-state index contributed by atoms with van der Waals surface area (Å²) in [6.07, 6.45) is 0. The minimum Gasteiger partial charge on any atom is -0.398 e. The lowest BCUT2D eigenvalue weighted by Crippen LogP contribution is -2.55. The van der Waals surface area contributed by atoms with Gasteiger partial charge in [0.2, 0.25) is 0 Å². The van der Waals surface area contributed by atoms with Crippen molar-refractivity contribution < 1.29 is 0 Å². The average Bonchev–Trinajstić information content (AvgIpc) is 1.82. The van der Waals surface area contributed by atoms with Crippen LogP contribution in [0.3, 0.4) is 0 Å². The van der Waals surface area contributed by atoms with Gasteiger partial charge in [-0.3, -0.25) is 17.2 Å². The van der Waals surface area contributed by atoms with Gasteiger partial charge in [-0.05, 0) is 12.1 Å². The number of anilines is 2. The maximum atomic E-state index is 5.59. The Morgan fingerprint density at radius 1 is 0.917 bits per heavy atom. The first-order valence-corrected chi connectivity index (χ1v) is 3.44. The van der Waals surface area contributed by atoms with Gasteiger partial charge in [-0.25, -0.2) is 0 Å². The largest absolute Gasteiger partial charge is 0.398 e. The third-order valence-electron chi connectivity index (χ3n) is 1.56. The first-order valence-electron chi connectivity index (χ1n) is 3.44. The maximum Gasteiger partial charge on any atom is 0.146 e. The van der Waals surface area contributed by atoms with Gasteiger partial charge in [0.1, 0.15) is 5.79 Å².